The van der Waals surface area contributed by atoms with Crippen LogP contribution < -0.4 is 9.80 Å². The van der Waals surface area contributed by atoms with Crippen LogP contribution in [-0.4, -0.2) is 64.3 Å². The Balaban J connectivity index is 1.75. The van der Waals surface area contributed by atoms with Crippen LogP contribution >= 0.6 is 0 Å². The first-order valence-corrected chi connectivity index (χ1v) is 16.7. The summed E-state index contributed by atoms with van der Waals surface area (Å²) in [5.74, 6) is 0.807. The number of rotatable bonds is 21. The second-order valence-corrected chi connectivity index (χ2v) is 11.2. The van der Waals surface area contributed by atoms with Gasteiger partial charge in [0.1, 0.15) is 0 Å². The monoisotopic (exact) mass is 588 g/mol. The molecular weight excluding hydrogens is 532 g/mol. The van der Waals surface area contributed by atoms with Gasteiger partial charge in [-0.2, -0.15) is 0 Å². The van der Waals surface area contributed by atoms with Gasteiger partial charge in [-0.25, -0.2) is 0 Å². The standard InChI is InChI=1S/C38H56N2O3/c1-6-31(7-2)32-13-15-33(16-14-32)38(34-17-21-36(22-18-34)39(8-3)9-4)35-19-23-37(24-20-35)40(10-5)25-11-12-27-42-29-30-43-28-26-41/h13-24,31,38,41H,6-12,25-30H2,1-5H3. The van der Waals surface area contributed by atoms with E-state index < -0.39 is 0 Å². The highest BCUT2D eigenvalue weighted by atomic mass is 16.5. The van der Waals surface area contributed by atoms with E-state index in [1.807, 2.05) is 0 Å². The first-order chi connectivity index (χ1) is 21.1. The molecule has 0 aliphatic carbocycles. The molecule has 0 aliphatic rings. The van der Waals surface area contributed by atoms with Gasteiger partial charge in [-0.15, -0.1) is 0 Å². The van der Waals surface area contributed by atoms with Crippen LogP contribution in [0.15, 0.2) is 72.8 Å². The second kappa shape index (κ2) is 19.4. The number of benzene rings is 3. The molecule has 0 aromatic heterocycles. The maximum absolute atomic E-state index is 8.77. The Morgan fingerprint density at radius 3 is 1.44 bits per heavy atom. The van der Waals surface area contributed by atoms with E-state index in [9.17, 15) is 0 Å². The molecule has 236 valence electrons. The summed E-state index contributed by atoms with van der Waals surface area (Å²) < 4.78 is 10.9. The number of aliphatic hydroxyl groups excluding tert-OH is 1. The van der Waals surface area contributed by atoms with Crippen molar-refractivity contribution in [2.45, 2.75) is 72.1 Å². The van der Waals surface area contributed by atoms with E-state index in [1.165, 1.54) is 46.5 Å². The van der Waals surface area contributed by atoms with Crippen molar-refractivity contribution in [3.05, 3.63) is 95.1 Å². The zero-order valence-corrected chi connectivity index (χ0v) is 27.4. The normalized spacial score (nSPS) is 12.1. The molecule has 0 aliphatic heterocycles. The van der Waals surface area contributed by atoms with Crippen LogP contribution in [0.1, 0.15) is 94.4 Å². The lowest BCUT2D eigenvalue weighted by Crippen LogP contribution is -2.24. The highest BCUT2D eigenvalue weighted by Crippen LogP contribution is 2.35. The lowest BCUT2D eigenvalue weighted by Gasteiger charge is -2.26. The van der Waals surface area contributed by atoms with E-state index in [0.29, 0.717) is 25.7 Å². The van der Waals surface area contributed by atoms with E-state index in [-0.39, 0.29) is 12.5 Å². The lowest BCUT2D eigenvalue weighted by molar-refractivity contribution is 0.0323. The summed E-state index contributed by atoms with van der Waals surface area (Å²) in [7, 11) is 0. The number of unbranched alkanes of at least 4 members (excludes halogenated alkanes) is 1. The Morgan fingerprint density at radius 1 is 0.535 bits per heavy atom. The fourth-order valence-electron chi connectivity index (χ4n) is 6.01. The third kappa shape index (κ3) is 10.4. The summed E-state index contributed by atoms with van der Waals surface area (Å²) in [4.78, 5) is 4.85. The van der Waals surface area contributed by atoms with Crippen LogP contribution in [0.2, 0.25) is 0 Å². The Bertz CT molecular complexity index is 1070. The average Bonchev–Trinajstić information content (AvgIpc) is 3.05. The maximum Gasteiger partial charge on any atom is 0.0701 e. The number of hydrogen-bond acceptors (Lipinski definition) is 5. The molecule has 0 spiro atoms. The molecule has 0 saturated carbocycles. The van der Waals surface area contributed by atoms with Crippen LogP contribution in [-0.2, 0) is 9.47 Å². The molecule has 0 fully saturated rings. The molecule has 0 radical (unpaired) electrons. The Labute approximate surface area is 261 Å². The smallest absolute Gasteiger partial charge is 0.0701 e. The van der Waals surface area contributed by atoms with E-state index in [1.54, 1.807) is 0 Å². The van der Waals surface area contributed by atoms with Crippen LogP contribution in [0.5, 0.6) is 0 Å². The molecule has 3 aromatic rings. The molecule has 1 N–H and O–H groups in total. The molecule has 1 unspecified atom stereocenters. The first kappa shape index (κ1) is 34.6. The van der Waals surface area contributed by atoms with Gasteiger partial charge in [0.05, 0.1) is 26.4 Å². The van der Waals surface area contributed by atoms with Crippen LogP contribution in [0, 0.1) is 0 Å². The van der Waals surface area contributed by atoms with Gasteiger partial charge < -0.3 is 24.4 Å². The predicted octanol–water partition coefficient (Wildman–Crippen LogP) is 8.25. The molecule has 5 nitrogen and oxygen atoms in total. The fourth-order valence-corrected chi connectivity index (χ4v) is 6.01. The van der Waals surface area contributed by atoms with Crippen molar-refractivity contribution in [1.29, 1.82) is 0 Å². The number of nitrogens with zero attached hydrogens (tertiary/aromatic N) is 2. The molecule has 3 aromatic carbocycles. The van der Waals surface area contributed by atoms with Crippen molar-refractivity contribution < 1.29 is 14.6 Å². The minimum Gasteiger partial charge on any atom is -0.394 e. The molecule has 0 amide bonds. The Kier molecular flexibility index (Phi) is 15.6. The van der Waals surface area contributed by atoms with Crippen LogP contribution in [0.3, 0.4) is 0 Å². The third-order valence-corrected chi connectivity index (χ3v) is 8.63. The minimum absolute atomic E-state index is 0.0596. The van der Waals surface area contributed by atoms with Crippen LogP contribution in [0.25, 0.3) is 0 Å². The first-order valence-electron chi connectivity index (χ1n) is 16.7. The third-order valence-electron chi connectivity index (χ3n) is 8.63. The zero-order chi connectivity index (χ0) is 30.9. The van der Waals surface area contributed by atoms with Gasteiger partial charge in [0.15, 0.2) is 0 Å². The molecule has 43 heavy (non-hydrogen) atoms. The van der Waals surface area contributed by atoms with Crippen molar-refractivity contribution in [3.63, 3.8) is 0 Å². The van der Waals surface area contributed by atoms with Crippen molar-refractivity contribution in [1.82, 2.24) is 0 Å². The van der Waals surface area contributed by atoms with Crippen LogP contribution in [0.4, 0.5) is 11.4 Å². The summed E-state index contributed by atoms with van der Waals surface area (Å²) in [6, 6.07) is 27.9. The zero-order valence-electron chi connectivity index (χ0n) is 27.4. The highest BCUT2D eigenvalue weighted by Gasteiger charge is 2.19. The number of hydrogen-bond donors (Lipinski definition) is 1. The number of anilines is 2. The summed E-state index contributed by atoms with van der Waals surface area (Å²) in [6.07, 6.45) is 4.45. The fraction of sp³-hybridized carbons (Fsp3) is 0.526. The quantitative estimate of drug-likeness (QED) is 0.100. The molecule has 0 saturated heterocycles. The molecule has 1 atom stereocenters. The van der Waals surface area contributed by atoms with E-state index in [0.717, 1.165) is 45.6 Å². The molecule has 3 rings (SSSR count). The molecule has 5 heteroatoms. The molecular formula is C38H56N2O3. The maximum atomic E-state index is 8.77. The predicted molar refractivity (Wildman–Crippen MR) is 183 cm³/mol. The van der Waals surface area contributed by atoms with Crippen molar-refractivity contribution >= 4 is 11.4 Å². The summed E-state index contributed by atoms with van der Waals surface area (Å²) >= 11 is 0. The van der Waals surface area contributed by atoms with Gasteiger partial charge >= 0.3 is 0 Å². The minimum atomic E-state index is 0.0596. The average molecular weight is 589 g/mol. The van der Waals surface area contributed by atoms with Crippen molar-refractivity contribution in [2.75, 3.05) is 69.0 Å². The summed E-state index contributed by atoms with van der Waals surface area (Å²) in [5.41, 5.74) is 7.98. The number of ether oxygens (including phenoxy) is 2. The van der Waals surface area contributed by atoms with Gasteiger partial charge in [0.25, 0.3) is 0 Å². The topological polar surface area (TPSA) is 45.2 Å². The van der Waals surface area contributed by atoms with Gasteiger partial charge in [-0.05, 0) is 98.9 Å². The highest BCUT2D eigenvalue weighted by molar-refractivity contribution is 5.54. The van der Waals surface area contributed by atoms with Crippen molar-refractivity contribution in [3.8, 4) is 0 Å². The summed E-state index contributed by atoms with van der Waals surface area (Å²) in [5, 5.41) is 8.77. The van der Waals surface area contributed by atoms with E-state index in [2.05, 4.69) is 117 Å². The molecule has 0 bridgehead atoms. The second-order valence-electron chi connectivity index (χ2n) is 11.2. The lowest BCUT2D eigenvalue weighted by atomic mass is 9.83. The van der Waals surface area contributed by atoms with E-state index in [4.69, 9.17) is 14.6 Å². The van der Waals surface area contributed by atoms with Gasteiger partial charge in [-0.1, -0.05) is 62.4 Å². The SMILES string of the molecule is CCC(CC)c1ccc(C(c2ccc(N(CC)CC)cc2)c2ccc(N(CC)CCCCOCCOCCO)cc2)cc1. The summed E-state index contributed by atoms with van der Waals surface area (Å²) in [6.45, 7) is 17.5. The van der Waals surface area contributed by atoms with Gasteiger partial charge in [0.2, 0.25) is 0 Å². The van der Waals surface area contributed by atoms with Crippen molar-refractivity contribution in [2.24, 2.45) is 0 Å². The Morgan fingerprint density at radius 2 is 0.977 bits per heavy atom. The Hall–Kier alpha value is -2.86. The largest absolute Gasteiger partial charge is 0.394 e. The number of aliphatic hydroxyl groups is 1. The van der Waals surface area contributed by atoms with Gasteiger partial charge in [-0.3, -0.25) is 0 Å². The van der Waals surface area contributed by atoms with Gasteiger partial charge in [0, 0.05) is 50.1 Å². The molecule has 0 heterocycles. The van der Waals surface area contributed by atoms with E-state index >= 15 is 0 Å².